The lowest BCUT2D eigenvalue weighted by Gasteiger charge is -2.09. The topological polar surface area (TPSA) is 93.5 Å². The van der Waals surface area contributed by atoms with Crippen LogP contribution in [-0.2, 0) is 9.59 Å². The summed E-state index contributed by atoms with van der Waals surface area (Å²) in [5, 5.41) is 6.18. The van der Waals surface area contributed by atoms with Gasteiger partial charge in [-0.05, 0) is 56.1 Å². The van der Waals surface area contributed by atoms with Crippen molar-refractivity contribution in [1.82, 2.24) is 5.32 Å². The van der Waals surface area contributed by atoms with E-state index in [1.807, 2.05) is 0 Å². The van der Waals surface area contributed by atoms with Gasteiger partial charge in [0.25, 0.3) is 0 Å². The van der Waals surface area contributed by atoms with Crippen LogP contribution in [0, 0.1) is 5.92 Å². The summed E-state index contributed by atoms with van der Waals surface area (Å²) in [4.78, 5) is 22.5. The number of carbonyl (C=O) groups excluding carboxylic acids is 2. The molecule has 1 aliphatic rings. The Kier molecular flexibility index (Phi) is 6.21. The lowest BCUT2D eigenvalue weighted by Crippen LogP contribution is -2.15. The van der Waals surface area contributed by atoms with Gasteiger partial charge in [0.05, 0.1) is 13.0 Å². The molecule has 1 unspecified atom stereocenters. The summed E-state index contributed by atoms with van der Waals surface area (Å²) in [6, 6.07) is 7.10. The van der Waals surface area contributed by atoms with Crippen molar-refractivity contribution >= 4 is 17.5 Å². The number of benzene rings is 1. The van der Waals surface area contributed by atoms with Gasteiger partial charge in [0, 0.05) is 12.1 Å². The van der Waals surface area contributed by atoms with Crippen LogP contribution in [0.2, 0.25) is 0 Å². The third-order valence-corrected chi connectivity index (χ3v) is 3.70. The highest BCUT2D eigenvalue weighted by molar-refractivity contribution is 5.90. The summed E-state index contributed by atoms with van der Waals surface area (Å²) in [5.74, 6) is 0.915. The van der Waals surface area contributed by atoms with E-state index in [-0.39, 0.29) is 24.8 Å². The van der Waals surface area contributed by atoms with Crippen LogP contribution in [0.3, 0.4) is 0 Å². The first kappa shape index (κ1) is 16.3. The van der Waals surface area contributed by atoms with Gasteiger partial charge in [-0.1, -0.05) is 0 Å². The molecule has 1 saturated heterocycles. The maximum absolute atomic E-state index is 11.9. The Labute approximate surface area is 130 Å². The van der Waals surface area contributed by atoms with Gasteiger partial charge in [0.15, 0.2) is 0 Å². The van der Waals surface area contributed by atoms with E-state index >= 15 is 0 Å². The summed E-state index contributed by atoms with van der Waals surface area (Å²) >= 11 is 0. The molecule has 120 valence electrons. The molecule has 1 aliphatic heterocycles. The highest BCUT2D eigenvalue weighted by atomic mass is 16.5. The molecule has 1 fully saturated rings. The quantitative estimate of drug-likeness (QED) is 0.674. The van der Waals surface area contributed by atoms with Crippen molar-refractivity contribution in [2.24, 2.45) is 11.7 Å². The van der Waals surface area contributed by atoms with Gasteiger partial charge in [0.1, 0.15) is 5.75 Å². The number of nitrogens with one attached hydrogen (secondary N) is 2. The fourth-order valence-electron chi connectivity index (χ4n) is 2.42. The summed E-state index contributed by atoms with van der Waals surface area (Å²) < 4.78 is 5.37. The number of ether oxygens (including phenoxy) is 1. The van der Waals surface area contributed by atoms with Crippen LogP contribution in [0.15, 0.2) is 24.3 Å². The Bertz CT molecular complexity index is 496. The lowest BCUT2D eigenvalue weighted by atomic mass is 10.0. The Morgan fingerprint density at radius 3 is 2.68 bits per heavy atom. The molecule has 0 radical (unpaired) electrons. The van der Waals surface area contributed by atoms with Crippen LogP contribution in [-0.4, -0.2) is 31.5 Å². The Balaban J connectivity index is 1.70. The summed E-state index contributed by atoms with van der Waals surface area (Å²) in [6.45, 7) is 2.34. The monoisotopic (exact) mass is 305 g/mol. The molecule has 0 saturated carbocycles. The van der Waals surface area contributed by atoms with E-state index in [1.54, 1.807) is 24.3 Å². The molecular weight excluding hydrogens is 282 g/mol. The highest BCUT2D eigenvalue weighted by Crippen LogP contribution is 2.18. The molecular formula is C16H23N3O3. The van der Waals surface area contributed by atoms with Crippen LogP contribution in [0.1, 0.15) is 25.7 Å². The van der Waals surface area contributed by atoms with E-state index in [0.29, 0.717) is 18.1 Å². The molecule has 22 heavy (non-hydrogen) atoms. The molecule has 0 aliphatic carbocycles. The first-order valence-electron chi connectivity index (χ1n) is 7.65. The second kappa shape index (κ2) is 8.38. The second-order valence-electron chi connectivity index (χ2n) is 5.53. The van der Waals surface area contributed by atoms with Gasteiger partial charge >= 0.3 is 0 Å². The Morgan fingerprint density at radius 1 is 1.27 bits per heavy atom. The number of hydrogen-bond donors (Lipinski definition) is 3. The van der Waals surface area contributed by atoms with Crippen LogP contribution in [0.25, 0.3) is 0 Å². The van der Waals surface area contributed by atoms with Crippen molar-refractivity contribution in [1.29, 1.82) is 0 Å². The minimum Gasteiger partial charge on any atom is -0.493 e. The Morgan fingerprint density at radius 2 is 2.05 bits per heavy atom. The molecule has 2 amide bonds. The largest absolute Gasteiger partial charge is 0.493 e. The van der Waals surface area contributed by atoms with Gasteiger partial charge in [-0.3, -0.25) is 9.59 Å². The highest BCUT2D eigenvalue weighted by Gasteiger charge is 2.15. The molecule has 1 aromatic carbocycles. The average Bonchev–Trinajstić information content (AvgIpc) is 3.00. The Hall–Kier alpha value is -2.08. The predicted molar refractivity (Wildman–Crippen MR) is 84.6 cm³/mol. The van der Waals surface area contributed by atoms with Gasteiger partial charge in [-0.15, -0.1) is 0 Å². The molecule has 2 rings (SSSR count). The SMILES string of the molecule is NC(=O)CCOc1ccc(NC(=O)CCC2CCNC2)cc1. The summed E-state index contributed by atoms with van der Waals surface area (Å²) in [5.41, 5.74) is 5.79. The van der Waals surface area contributed by atoms with Crippen molar-refractivity contribution < 1.29 is 14.3 Å². The lowest BCUT2D eigenvalue weighted by molar-refractivity contribution is -0.118. The first-order chi connectivity index (χ1) is 10.6. The maximum Gasteiger partial charge on any atom is 0.224 e. The van der Waals surface area contributed by atoms with E-state index in [4.69, 9.17) is 10.5 Å². The minimum atomic E-state index is -0.388. The number of carbonyl (C=O) groups is 2. The van der Waals surface area contributed by atoms with Crippen molar-refractivity contribution in [2.75, 3.05) is 25.0 Å². The average molecular weight is 305 g/mol. The van der Waals surface area contributed by atoms with Crippen LogP contribution < -0.4 is 21.1 Å². The van der Waals surface area contributed by atoms with E-state index in [0.717, 1.165) is 31.6 Å². The van der Waals surface area contributed by atoms with E-state index in [1.165, 1.54) is 0 Å². The van der Waals surface area contributed by atoms with Gasteiger partial charge in [-0.25, -0.2) is 0 Å². The number of nitrogens with two attached hydrogens (primary N) is 1. The minimum absolute atomic E-state index is 0.0364. The maximum atomic E-state index is 11.9. The van der Waals surface area contributed by atoms with Crippen molar-refractivity contribution in [3.8, 4) is 5.75 Å². The molecule has 0 spiro atoms. The fraction of sp³-hybridized carbons (Fsp3) is 0.500. The standard InChI is InChI=1S/C16H23N3O3/c17-15(20)8-10-22-14-4-2-13(3-5-14)19-16(21)6-1-12-7-9-18-11-12/h2-5,12,18H,1,6-11H2,(H2,17,20)(H,19,21). The molecule has 0 bridgehead atoms. The number of hydrogen-bond acceptors (Lipinski definition) is 4. The van der Waals surface area contributed by atoms with Gasteiger partial charge < -0.3 is 21.1 Å². The summed E-state index contributed by atoms with van der Waals surface area (Å²) in [7, 11) is 0. The van der Waals surface area contributed by atoms with Gasteiger partial charge in [-0.2, -0.15) is 0 Å². The third kappa shape index (κ3) is 5.73. The van der Waals surface area contributed by atoms with Crippen molar-refractivity contribution in [2.45, 2.75) is 25.7 Å². The molecule has 1 atom stereocenters. The molecule has 6 nitrogen and oxygen atoms in total. The van der Waals surface area contributed by atoms with E-state index in [9.17, 15) is 9.59 Å². The zero-order chi connectivity index (χ0) is 15.8. The smallest absolute Gasteiger partial charge is 0.224 e. The molecule has 4 N–H and O–H groups in total. The first-order valence-corrected chi connectivity index (χ1v) is 7.65. The fourth-order valence-corrected chi connectivity index (χ4v) is 2.42. The van der Waals surface area contributed by atoms with E-state index in [2.05, 4.69) is 10.6 Å². The van der Waals surface area contributed by atoms with Crippen molar-refractivity contribution in [3.05, 3.63) is 24.3 Å². The molecule has 0 aromatic heterocycles. The number of primary amides is 1. The van der Waals surface area contributed by atoms with Crippen molar-refractivity contribution in [3.63, 3.8) is 0 Å². The number of rotatable bonds is 8. The summed E-state index contributed by atoms with van der Waals surface area (Å²) in [6.07, 6.45) is 2.81. The van der Waals surface area contributed by atoms with Crippen LogP contribution in [0.4, 0.5) is 5.69 Å². The van der Waals surface area contributed by atoms with Crippen LogP contribution in [0.5, 0.6) is 5.75 Å². The normalized spacial score (nSPS) is 17.2. The van der Waals surface area contributed by atoms with E-state index < -0.39 is 0 Å². The molecule has 1 heterocycles. The van der Waals surface area contributed by atoms with Gasteiger partial charge in [0.2, 0.25) is 11.8 Å². The predicted octanol–water partition coefficient (Wildman–Crippen LogP) is 1.27. The molecule has 6 heteroatoms. The molecule has 1 aromatic rings. The number of amides is 2. The zero-order valence-corrected chi connectivity index (χ0v) is 12.6. The van der Waals surface area contributed by atoms with Crippen LogP contribution >= 0.6 is 0 Å². The third-order valence-electron chi connectivity index (χ3n) is 3.70. The zero-order valence-electron chi connectivity index (χ0n) is 12.6. The second-order valence-corrected chi connectivity index (χ2v) is 5.53. The number of anilines is 1.